The van der Waals surface area contributed by atoms with Gasteiger partial charge in [0.05, 0.1) is 18.3 Å². The van der Waals surface area contributed by atoms with Crippen LogP contribution in [0.4, 0.5) is 5.95 Å². The summed E-state index contributed by atoms with van der Waals surface area (Å²) in [6.45, 7) is 14.1. The summed E-state index contributed by atoms with van der Waals surface area (Å²) in [5.41, 5.74) is 1.66. The maximum Gasteiger partial charge on any atom is 0.203 e. The molecule has 4 heteroatoms. The Morgan fingerprint density at radius 2 is 1.95 bits per heavy atom. The summed E-state index contributed by atoms with van der Waals surface area (Å²) in [5, 5.41) is 3.62. The Kier molecular flexibility index (Phi) is 3.42. The van der Waals surface area contributed by atoms with E-state index in [-0.39, 0.29) is 0 Å². The molecule has 0 aliphatic heterocycles. The predicted molar refractivity (Wildman–Crippen MR) is 78.5 cm³/mol. The zero-order chi connectivity index (χ0) is 14.4. The number of hydrogen-bond acceptors (Lipinski definition) is 3. The van der Waals surface area contributed by atoms with Crippen LogP contribution in [-0.4, -0.2) is 29.3 Å². The Morgan fingerprint density at radius 1 is 1.37 bits per heavy atom. The maximum atomic E-state index is 5.25. The lowest BCUT2D eigenvalue weighted by atomic mass is 10.0. The quantitative estimate of drug-likeness (QED) is 0.888. The van der Waals surface area contributed by atoms with Gasteiger partial charge in [0.2, 0.25) is 5.95 Å². The molecule has 1 N–H and O–H groups in total. The van der Waals surface area contributed by atoms with Crippen LogP contribution in [-0.2, 0) is 4.74 Å². The minimum absolute atomic E-state index is 0.290. The van der Waals surface area contributed by atoms with Gasteiger partial charge in [-0.1, -0.05) is 27.7 Å². The van der Waals surface area contributed by atoms with Crippen molar-refractivity contribution in [1.82, 2.24) is 9.55 Å². The highest BCUT2D eigenvalue weighted by atomic mass is 16.5. The molecule has 0 amide bonds. The van der Waals surface area contributed by atoms with Crippen molar-refractivity contribution in [3.63, 3.8) is 0 Å². The predicted octanol–water partition coefficient (Wildman–Crippen LogP) is 3.25. The Morgan fingerprint density at radius 3 is 2.42 bits per heavy atom. The smallest absolute Gasteiger partial charge is 0.203 e. The fraction of sp³-hybridized carbons (Fsp3) is 0.800. The molecule has 0 spiro atoms. The molecule has 0 bridgehead atoms. The number of aromatic nitrogens is 2. The van der Waals surface area contributed by atoms with Gasteiger partial charge < -0.3 is 14.6 Å². The summed E-state index contributed by atoms with van der Waals surface area (Å²) in [6.07, 6.45) is 2.09. The zero-order valence-electron chi connectivity index (χ0n) is 13.2. The summed E-state index contributed by atoms with van der Waals surface area (Å²) in [5.74, 6) is 0.964. The summed E-state index contributed by atoms with van der Waals surface area (Å²) in [4.78, 5) is 4.62. The van der Waals surface area contributed by atoms with E-state index in [2.05, 4.69) is 55.7 Å². The Hall–Kier alpha value is -1.03. The molecule has 0 radical (unpaired) electrons. The van der Waals surface area contributed by atoms with E-state index in [1.54, 1.807) is 7.11 Å². The number of nitrogens with one attached hydrogen (secondary N) is 1. The standard InChI is InChI=1S/C15H27N3O/c1-10-8-18(11(2)9-19-7)13(16-10)17-12-14(3,4)15(12,5)6/h8,11-12H,9H2,1-7H3,(H,16,17). The molecule has 0 saturated heterocycles. The molecule has 1 saturated carbocycles. The van der Waals surface area contributed by atoms with Crippen molar-refractivity contribution in [3.8, 4) is 0 Å². The molecule has 108 valence electrons. The van der Waals surface area contributed by atoms with Crippen molar-refractivity contribution in [1.29, 1.82) is 0 Å². The first-order valence-electron chi connectivity index (χ1n) is 7.02. The molecule has 1 aliphatic carbocycles. The second-order valence-corrected chi connectivity index (χ2v) is 6.94. The van der Waals surface area contributed by atoms with Crippen LogP contribution in [0.1, 0.15) is 46.4 Å². The van der Waals surface area contributed by atoms with E-state index in [1.165, 1.54) is 0 Å². The highest BCUT2D eigenvalue weighted by molar-refractivity contribution is 5.39. The van der Waals surface area contributed by atoms with E-state index in [4.69, 9.17) is 4.74 Å². The van der Waals surface area contributed by atoms with Gasteiger partial charge in [0, 0.05) is 19.3 Å². The third-order valence-electron chi connectivity index (χ3n) is 5.03. The van der Waals surface area contributed by atoms with Crippen molar-refractivity contribution >= 4 is 5.95 Å². The Bertz CT molecular complexity index is 448. The number of hydrogen-bond donors (Lipinski definition) is 1. The van der Waals surface area contributed by atoms with Crippen LogP contribution < -0.4 is 5.32 Å². The molecule has 4 nitrogen and oxygen atoms in total. The minimum Gasteiger partial charge on any atom is -0.383 e. The number of nitrogens with zero attached hydrogens (tertiary/aromatic N) is 2. The van der Waals surface area contributed by atoms with Crippen LogP contribution in [0, 0.1) is 17.8 Å². The second kappa shape index (κ2) is 4.51. The van der Waals surface area contributed by atoms with Crippen LogP contribution in [0.5, 0.6) is 0 Å². The molecule has 1 atom stereocenters. The number of imidazole rings is 1. The third-order valence-corrected chi connectivity index (χ3v) is 5.03. The Labute approximate surface area is 116 Å². The van der Waals surface area contributed by atoms with Gasteiger partial charge in [-0.05, 0) is 24.7 Å². The molecule has 2 rings (SSSR count). The molecule has 1 fully saturated rings. The lowest BCUT2D eigenvalue weighted by Gasteiger charge is -2.17. The van der Waals surface area contributed by atoms with Crippen molar-refractivity contribution < 1.29 is 4.74 Å². The van der Waals surface area contributed by atoms with Crippen LogP contribution in [0.3, 0.4) is 0 Å². The van der Waals surface area contributed by atoms with Gasteiger partial charge in [-0.2, -0.15) is 0 Å². The van der Waals surface area contributed by atoms with E-state index in [0.29, 0.717) is 29.5 Å². The lowest BCUT2D eigenvalue weighted by Crippen LogP contribution is -2.18. The van der Waals surface area contributed by atoms with Crippen molar-refractivity contribution in [2.45, 2.75) is 53.6 Å². The second-order valence-electron chi connectivity index (χ2n) is 6.94. The summed E-state index contributed by atoms with van der Waals surface area (Å²) in [7, 11) is 1.74. The van der Waals surface area contributed by atoms with E-state index < -0.39 is 0 Å². The van der Waals surface area contributed by atoms with Crippen LogP contribution in [0.2, 0.25) is 0 Å². The number of anilines is 1. The SMILES string of the molecule is COCC(C)n1cc(C)nc1NC1C(C)(C)C1(C)C. The highest BCUT2D eigenvalue weighted by Gasteiger charge is 2.65. The van der Waals surface area contributed by atoms with Gasteiger partial charge in [0.1, 0.15) is 0 Å². The number of ether oxygens (including phenoxy) is 1. The van der Waals surface area contributed by atoms with Gasteiger partial charge in [0.25, 0.3) is 0 Å². The van der Waals surface area contributed by atoms with E-state index in [1.807, 2.05) is 6.92 Å². The van der Waals surface area contributed by atoms with Gasteiger partial charge >= 0.3 is 0 Å². The third kappa shape index (κ3) is 2.27. The number of methoxy groups -OCH3 is 1. The fourth-order valence-electron chi connectivity index (χ4n) is 2.97. The number of aryl methyl sites for hydroxylation is 1. The molecule has 1 aliphatic rings. The van der Waals surface area contributed by atoms with Crippen molar-refractivity contribution in [3.05, 3.63) is 11.9 Å². The monoisotopic (exact) mass is 265 g/mol. The van der Waals surface area contributed by atoms with Crippen LogP contribution in [0.15, 0.2) is 6.20 Å². The topological polar surface area (TPSA) is 39.1 Å². The zero-order valence-corrected chi connectivity index (χ0v) is 13.2. The van der Waals surface area contributed by atoms with Crippen LogP contribution >= 0.6 is 0 Å². The molecule has 1 heterocycles. The average molecular weight is 265 g/mol. The molecule has 19 heavy (non-hydrogen) atoms. The van der Waals surface area contributed by atoms with Gasteiger partial charge in [-0.3, -0.25) is 0 Å². The number of rotatable bonds is 5. The largest absolute Gasteiger partial charge is 0.383 e. The van der Waals surface area contributed by atoms with Crippen LogP contribution in [0.25, 0.3) is 0 Å². The minimum atomic E-state index is 0.290. The fourth-order valence-corrected chi connectivity index (χ4v) is 2.97. The Balaban J connectivity index is 2.18. The van der Waals surface area contributed by atoms with Gasteiger partial charge in [-0.25, -0.2) is 4.98 Å². The summed E-state index contributed by atoms with van der Waals surface area (Å²) < 4.78 is 7.43. The maximum absolute atomic E-state index is 5.25. The van der Waals surface area contributed by atoms with Gasteiger partial charge in [0.15, 0.2) is 0 Å². The molecular formula is C15H27N3O. The molecule has 1 unspecified atom stereocenters. The van der Waals surface area contributed by atoms with E-state index in [9.17, 15) is 0 Å². The lowest BCUT2D eigenvalue weighted by molar-refractivity contribution is 0.163. The molecule has 1 aromatic heterocycles. The van der Waals surface area contributed by atoms with Crippen molar-refractivity contribution in [2.75, 3.05) is 19.0 Å². The summed E-state index contributed by atoms with van der Waals surface area (Å²) in [6, 6.07) is 0.758. The normalized spacial score (nSPS) is 22.3. The summed E-state index contributed by atoms with van der Waals surface area (Å²) >= 11 is 0. The average Bonchev–Trinajstić information content (AvgIpc) is 2.63. The van der Waals surface area contributed by atoms with E-state index >= 15 is 0 Å². The molecule has 0 aromatic carbocycles. The van der Waals surface area contributed by atoms with E-state index in [0.717, 1.165) is 11.6 Å². The molecular weight excluding hydrogens is 238 g/mol. The highest BCUT2D eigenvalue weighted by Crippen LogP contribution is 2.63. The van der Waals surface area contributed by atoms with Crippen molar-refractivity contribution in [2.24, 2.45) is 10.8 Å². The first kappa shape index (κ1) is 14.4. The first-order valence-corrected chi connectivity index (χ1v) is 7.02. The molecule has 1 aromatic rings. The van der Waals surface area contributed by atoms with Gasteiger partial charge in [-0.15, -0.1) is 0 Å². The first-order chi connectivity index (χ1) is 8.71.